The van der Waals surface area contributed by atoms with Gasteiger partial charge in [-0.25, -0.2) is 0 Å². The summed E-state index contributed by atoms with van der Waals surface area (Å²) in [5.74, 6) is 0.768. The maximum absolute atomic E-state index is 2.42. The van der Waals surface area contributed by atoms with Gasteiger partial charge in [0.05, 0.1) is 29.7 Å². The molecule has 0 aromatic heterocycles. The second kappa shape index (κ2) is 6.36. The molecule has 5 rings (SSSR count). The fraction of sp³-hybridized carbons (Fsp3) is 0.280. The van der Waals surface area contributed by atoms with Crippen molar-refractivity contribution in [1.82, 2.24) is 0 Å². The Kier molecular flexibility index (Phi) is 3.98. The van der Waals surface area contributed by atoms with Crippen molar-refractivity contribution in [1.29, 1.82) is 0 Å². The number of rotatable bonds is 2. The van der Waals surface area contributed by atoms with Gasteiger partial charge in [0.1, 0.15) is 0 Å². The molecule has 0 unspecified atom stereocenters. The summed E-state index contributed by atoms with van der Waals surface area (Å²) in [7, 11) is -1.47. The third kappa shape index (κ3) is 2.39. The molecule has 0 saturated heterocycles. The van der Waals surface area contributed by atoms with Gasteiger partial charge in [-0.05, 0) is 73.1 Å². The van der Waals surface area contributed by atoms with E-state index < -0.39 is 7.26 Å². The van der Waals surface area contributed by atoms with E-state index in [1.54, 1.807) is 21.7 Å². The van der Waals surface area contributed by atoms with Crippen LogP contribution in [0.3, 0.4) is 0 Å². The highest BCUT2D eigenvalue weighted by atomic mass is 31.2. The average Bonchev–Trinajstić information content (AvgIpc) is 3.12. The lowest BCUT2D eigenvalue weighted by atomic mass is 9.91. The molecule has 1 heteroatoms. The molecule has 1 saturated carbocycles. The van der Waals surface area contributed by atoms with Crippen molar-refractivity contribution in [2.75, 3.05) is 0 Å². The van der Waals surface area contributed by atoms with Gasteiger partial charge in [-0.1, -0.05) is 54.6 Å². The average molecular weight is 357 g/mol. The van der Waals surface area contributed by atoms with Crippen molar-refractivity contribution in [3.05, 3.63) is 95.6 Å². The first-order chi connectivity index (χ1) is 12.8. The summed E-state index contributed by atoms with van der Waals surface area (Å²) in [4.78, 5) is 0. The standard InChI is InChI=1S/C25H26P/c1-19-9-8-14-24-20-15-16-23(17-20)26(18-25(19)24,21-10-4-2-5-11-21)22-12-6-3-7-13-22/h2-14,20,23H,15-18H2,1H3/q+1/t20-,23+/m0/s1. The maximum Gasteiger partial charge on any atom is 0.0998 e. The Morgan fingerprint density at radius 1 is 0.731 bits per heavy atom. The smallest absolute Gasteiger partial charge is 0.0620 e. The maximum atomic E-state index is 2.42. The lowest BCUT2D eigenvalue weighted by Gasteiger charge is -2.33. The minimum absolute atomic E-state index is 0.768. The Labute approximate surface area is 157 Å². The minimum atomic E-state index is -1.47. The van der Waals surface area contributed by atoms with Gasteiger partial charge >= 0.3 is 0 Å². The lowest BCUT2D eigenvalue weighted by molar-refractivity contribution is 0.720. The van der Waals surface area contributed by atoms with Crippen molar-refractivity contribution in [2.45, 2.75) is 43.9 Å². The quantitative estimate of drug-likeness (QED) is 0.508. The molecule has 1 fully saturated rings. The molecular weight excluding hydrogens is 331 g/mol. The second-order valence-corrected chi connectivity index (χ2v) is 11.8. The van der Waals surface area contributed by atoms with Gasteiger partial charge in [0.25, 0.3) is 0 Å². The molecule has 3 aromatic carbocycles. The molecule has 1 aliphatic heterocycles. The van der Waals surface area contributed by atoms with Gasteiger partial charge < -0.3 is 0 Å². The first-order valence-electron chi connectivity index (χ1n) is 9.86. The first-order valence-corrected chi connectivity index (χ1v) is 11.9. The third-order valence-corrected chi connectivity index (χ3v) is 11.7. The zero-order chi connectivity index (χ0) is 17.6. The van der Waals surface area contributed by atoms with Crippen LogP contribution >= 0.6 is 7.26 Å². The monoisotopic (exact) mass is 357 g/mol. The Hall–Kier alpha value is -1.91. The summed E-state index contributed by atoms with van der Waals surface area (Å²) < 4.78 is 0. The van der Waals surface area contributed by atoms with Crippen molar-refractivity contribution < 1.29 is 0 Å². The normalized spacial score (nSPS) is 23.3. The fourth-order valence-corrected chi connectivity index (χ4v) is 10.8. The summed E-state index contributed by atoms with van der Waals surface area (Å²) in [6.45, 7) is 2.32. The highest BCUT2D eigenvalue weighted by molar-refractivity contribution is 7.89. The summed E-state index contributed by atoms with van der Waals surface area (Å²) in [5, 5.41) is 3.21. The fourth-order valence-electron chi connectivity index (χ4n) is 5.48. The molecule has 1 heterocycles. The molecule has 0 radical (unpaired) electrons. The van der Waals surface area contributed by atoms with E-state index in [0.717, 1.165) is 11.6 Å². The van der Waals surface area contributed by atoms with Crippen molar-refractivity contribution in [3.8, 4) is 0 Å². The molecule has 130 valence electrons. The van der Waals surface area contributed by atoms with E-state index in [4.69, 9.17) is 0 Å². The minimum Gasteiger partial charge on any atom is -0.0620 e. The largest absolute Gasteiger partial charge is 0.0998 e. The molecule has 0 amide bonds. The van der Waals surface area contributed by atoms with E-state index in [9.17, 15) is 0 Å². The molecule has 3 aromatic rings. The Balaban J connectivity index is 1.81. The van der Waals surface area contributed by atoms with Crippen molar-refractivity contribution in [3.63, 3.8) is 0 Å². The predicted molar refractivity (Wildman–Crippen MR) is 114 cm³/mol. The second-order valence-electron chi connectivity index (χ2n) is 8.00. The molecule has 1 aliphatic carbocycles. The zero-order valence-corrected chi connectivity index (χ0v) is 16.3. The number of aryl methyl sites for hydroxylation is 1. The van der Waals surface area contributed by atoms with Crippen LogP contribution in [0.2, 0.25) is 0 Å². The van der Waals surface area contributed by atoms with Crippen LogP contribution in [0.1, 0.15) is 41.9 Å². The van der Waals surface area contributed by atoms with Gasteiger partial charge in [0, 0.05) is 0 Å². The Morgan fingerprint density at radius 2 is 1.38 bits per heavy atom. The molecular formula is C25H26P+. The lowest BCUT2D eigenvalue weighted by Crippen LogP contribution is -2.31. The highest BCUT2D eigenvalue weighted by Gasteiger charge is 2.55. The van der Waals surface area contributed by atoms with Gasteiger partial charge in [-0.15, -0.1) is 0 Å². The van der Waals surface area contributed by atoms with Crippen LogP contribution in [-0.2, 0) is 6.16 Å². The van der Waals surface area contributed by atoms with E-state index in [1.165, 1.54) is 31.0 Å². The summed E-state index contributed by atoms with van der Waals surface area (Å²) in [6, 6.07) is 30.0. The van der Waals surface area contributed by atoms with Crippen LogP contribution < -0.4 is 10.6 Å². The van der Waals surface area contributed by atoms with Crippen molar-refractivity contribution in [2.24, 2.45) is 0 Å². The first kappa shape index (κ1) is 16.3. The molecule has 2 bridgehead atoms. The SMILES string of the molecule is Cc1cccc2c1C[P+](c1ccccc1)(c1ccccc1)[C@@H]1CC[C@H]2C1. The number of hydrogen-bond donors (Lipinski definition) is 0. The van der Waals surface area contributed by atoms with E-state index in [-0.39, 0.29) is 0 Å². The van der Waals surface area contributed by atoms with Crippen LogP contribution in [0.15, 0.2) is 78.9 Å². The van der Waals surface area contributed by atoms with Gasteiger partial charge in [-0.2, -0.15) is 0 Å². The molecule has 2 atom stereocenters. The van der Waals surface area contributed by atoms with Crippen LogP contribution in [-0.4, -0.2) is 5.66 Å². The summed E-state index contributed by atoms with van der Waals surface area (Å²) >= 11 is 0. The topological polar surface area (TPSA) is 0 Å². The van der Waals surface area contributed by atoms with E-state index in [1.807, 2.05) is 0 Å². The highest BCUT2D eigenvalue weighted by Crippen LogP contribution is 2.70. The molecule has 0 spiro atoms. The van der Waals surface area contributed by atoms with E-state index >= 15 is 0 Å². The summed E-state index contributed by atoms with van der Waals surface area (Å²) in [5.41, 5.74) is 5.62. The molecule has 0 N–H and O–H groups in total. The van der Waals surface area contributed by atoms with Crippen LogP contribution in [0.25, 0.3) is 0 Å². The van der Waals surface area contributed by atoms with Gasteiger partial charge in [0.15, 0.2) is 0 Å². The Bertz CT molecular complexity index is 874. The third-order valence-electron chi connectivity index (χ3n) is 6.76. The van der Waals surface area contributed by atoms with Gasteiger partial charge in [-0.3, -0.25) is 0 Å². The Morgan fingerprint density at radius 3 is 2.04 bits per heavy atom. The van der Waals surface area contributed by atoms with Crippen LogP contribution in [0.4, 0.5) is 0 Å². The molecule has 2 aliphatic rings. The number of fused-ring (bicyclic) bond motifs is 4. The number of benzene rings is 3. The van der Waals surface area contributed by atoms with Gasteiger partial charge in [0.2, 0.25) is 0 Å². The molecule has 0 nitrogen and oxygen atoms in total. The van der Waals surface area contributed by atoms with E-state index in [2.05, 4.69) is 85.8 Å². The van der Waals surface area contributed by atoms with Crippen molar-refractivity contribution >= 4 is 17.9 Å². The zero-order valence-electron chi connectivity index (χ0n) is 15.4. The summed E-state index contributed by atoms with van der Waals surface area (Å²) in [6.07, 6.45) is 5.36. The predicted octanol–water partition coefficient (Wildman–Crippen LogP) is 5.81. The van der Waals surface area contributed by atoms with E-state index in [0.29, 0.717) is 0 Å². The molecule has 26 heavy (non-hydrogen) atoms. The van der Waals surface area contributed by atoms with Crippen LogP contribution in [0, 0.1) is 6.92 Å². The number of hydrogen-bond acceptors (Lipinski definition) is 0. The van der Waals surface area contributed by atoms with Crippen LogP contribution in [0.5, 0.6) is 0 Å².